The summed E-state index contributed by atoms with van der Waals surface area (Å²) in [5.74, 6) is 0.626. The minimum absolute atomic E-state index is 0.00608. The number of likely N-dealkylation sites (tertiary alicyclic amines) is 1. The maximum absolute atomic E-state index is 12.6. The minimum atomic E-state index is -1.00. The highest BCUT2D eigenvalue weighted by atomic mass is 16.7. The summed E-state index contributed by atoms with van der Waals surface area (Å²) in [6.07, 6.45) is 0.942. The Morgan fingerprint density at radius 2 is 1.72 bits per heavy atom. The van der Waals surface area contributed by atoms with Gasteiger partial charge >= 0.3 is 0 Å². The fourth-order valence-corrected chi connectivity index (χ4v) is 3.21. The molecule has 0 aromatic heterocycles. The van der Waals surface area contributed by atoms with Gasteiger partial charge in [-0.3, -0.25) is 4.79 Å². The molecule has 0 aliphatic carbocycles. The number of para-hydroxylation sites is 1. The van der Waals surface area contributed by atoms with Gasteiger partial charge in [0.15, 0.2) is 6.79 Å². The van der Waals surface area contributed by atoms with Crippen LogP contribution >= 0.6 is 0 Å². The molecule has 1 aliphatic heterocycles. The number of piperidine rings is 1. The third-order valence-electron chi connectivity index (χ3n) is 4.62. The van der Waals surface area contributed by atoms with Crippen LogP contribution in [0, 0.1) is 0 Å². The first-order chi connectivity index (χ1) is 12.1. The lowest BCUT2D eigenvalue weighted by Crippen LogP contribution is -2.45. The summed E-state index contributed by atoms with van der Waals surface area (Å²) in [4.78, 5) is 14.4. The number of methoxy groups -OCH3 is 1. The smallest absolute Gasteiger partial charge is 0.253 e. The molecular weight excluding hydrogens is 318 g/mol. The molecule has 1 saturated heterocycles. The highest BCUT2D eigenvalue weighted by molar-refractivity contribution is 5.94. The second-order valence-electron chi connectivity index (χ2n) is 6.24. The highest BCUT2D eigenvalue weighted by Crippen LogP contribution is 2.38. The number of rotatable bonds is 5. The number of carbonyl (C=O) groups is 1. The van der Waals surface area contributed by atoms with Gasteiger partial charge in [0.1, 0.15) is 5.75 Å². The van der Waals surface area contributed by atoms with Crippen molar-refractivity contribution in [3.8, 4) is 5.75 Å². The van der Waals surface area contributed by atoms with Crippen LogP contribution in [-0.4, -0.2) is 42.9 Å². The van der Waals surface area contributed by atoms with Gasteiger partial charge in [-0.1, -0.05) is 36.4 Å². The van der Waals surface area contributed by atoms with Crippen molar-refractivity contribution in [1.29, 1.82) is 0 Å². The number of amides is 1. The molecule has 2 aromatic carbocycles. The van der Waals surface area contributed by atoms with Gasteiger partial charge in [0.25, 0.3) is 5.91 Å². The molecule has 1 heterocycles. The monoisotopic (exact) mass is 341 g/mol. The van der Waals surface area contributed by atoms with E-state index < -0.39 is 5.60 Å². The fraction of sp³-hybridized carbons (Fsp3) is 0.350. The lowest BCUT2D eigenvalue weighted by atomic mass is 9.83. The van der Waals surface area contributed by atoms with E-state index in [0.29, 0.717) is 37.2 Å². The van der Waals surface area contributed by atoms with Crippen LogP contribution in [0.5, 0.6) is 5.75 Å². The number of ether oxygens (including phenoxy) is 2. The predicted octanol–water partition coefficient (Wildman–Crippen LogP) is 2.79. The molecular formula is C20H23NO4. The molecule has 3 rings (SSSR count). The summed E-state index contributed by atoms with van der Waals surface area (Å²) in [5, 5.41) is 11.1. The molecule has 1 amide bonds. The zero-order chi connectivity index (χ0) is 17.7. The normalized spacial score (nSPS) is 16.5. The van der Waals surface area contributed by atoms with Crippen LogP contribution in [-0.2, 0) is 10.3 Å². The molecule has 1 fully saturated rings. The summed E-state index contributed by atoms with van der Waals surface area (Å²) < 4.78 is 10.5. The van der Waals surface area contributed by atoms with Crippen molar-refractivity contribution in [3.63, 3.8) is 0 Å². The zero-order valence-corrected chi connectivity index (χ0v) is 14.4. The van der Waals surface area contributed by atoms with Crippen LogP contribution in [0.15, 0.2) is 54.6 Å². The maximum atomic E-state index is 12.6. The number of hydrogen-bond acceptors (Lipinski definition) is 4. The minimum Gasteiger partial charge on any atom is -0.467 e. The SMILES string of the molecule is COCOc1ccccc1C1(O)CCN(C(=O)c2ccccc2)CC1. The van der Waals surface area contributed by atoms with E-state index in [-0.39, 0.29) is 12.7 Å². The zero-order valence-electron chi connectivity index (χ0n) is 14.4. The summed E-state index contributed by atoms with van der Waals surface area (Å²) in [5.41, 5.74) is 0.424. The van der Waals surface area contributed by atoms with E-state index in [1.807, 2.05) is 54.6 Å². The van der Waals surface area contributed by atoms with Crippen molar-refractivity contribution in [2.24, 2.45) is 0 Å². The summed E-state index contributed by atoms with van der Waals surface area (Å²) >= 11 is 0. The van der Waals surface area contributed by atoms with Gasteiger partial charge < -0.3 is 19.5 Å². The average Bonchev–Trinajstić information content (AvgIpc) is 2.67. The van der Waals surface area contributed by atoms with Gasteiger partial charge in [-0.25, -0.2) is 0 Å². The molecule has 0 atom stereocenters. The lowest BCUT2D eigenvalue weighted by molar-refractivity contribution is -0.0257. The Hall–Kier alpha value is -2.37. The molecule has 1 aliphatic rings. The topological polar surface area (TPSA) is 59.0 Å². The molecule has 0 unspecified atom stereocenters. The second kappa shape index (κ2) is 7.68. The molecule has 5 nitrogen and oxygen atoms in total. The van der Waals surface area contributed by atoms with Crippen molar-refractivity contribution < 1.29 is 19.4 Å². The standard InChI is InChI=1S/C20H23NO4/c1-24-15-25-18-10-6-5-9-17(18)20(23)11-13-21(14-12-20)19(22)16-7-3-2-4-8-16/h2-10,23H,11-15H2,1H3. The van der Waals surface area contributed by atoms with Gasteiger partial charge in [-0.15, -0.1) is 0 Å². The van der Waals surface area contributed by atoms with E-state index in [4.69, 9.17) is 9.47 Å². The van der Waals surface area contributed by atoms with Crippen molar-refractivity contribution in [1.82, 2.24) is 4.90 Å². The molecule has 0 radical (unpaired) electrons. The largest absolute Gasteiger partial charge is 0.467 e. The second-order valence-corrected chi connectivity index (χ2v) is 6.24. The Bertz CT molecular complexity index is 709. The number of hydrogen-bond donors (Lipinski definition) is 1. The number of benzene rings is 2. The Labute approximate surface area is 147 Å². The van der Waals surface area contributed by atoms with Gasteiger partial charge in [-0.05, 0) is 31.0 Å². The average molecular weight is 341 g/mol. The molecule has 25 heavy (non-hydrogen) atoms. The molecule has 0 bridgehead atoms. The highest BCUT2D eigenvalue weighted by Gasteiger charge is 2.37. The molecule has 1 N–H and O–H groups in total. The number of carbonyl (C=O) groups excluding carboxylic acids is 1. The maximum Gasteiger partial charge on any atom is 0.253 e. The molecule has 0 spiro atoms. The first kappa shape index (κ1) is 17.5. The Kier molecular flexibility index (Phi) is 5.36. The third kappa shape index (κ3) is 3.83. The fourth-order valence-electron chi connectivity index (χ4n) is 3.21. The quantitative estimate of drug-likeness (QED) is 0.850. The summed E-state index contributed by atoms with van der Waals surface area (Å²) in [7, 11) is 1.56. The first-order valence-electron chi connectivity index (χ1n) is 8.42. The summed E-state index contributed by atoms with van der Waals surface area (Å²) in [6.45, 7) is 1.14. The molecule has 132 valence electrons. The van der Waals surface area contributed by atoms with Crippen LogP contribution in [0.4, 0.5) is 0 Å². The number of aliphatic hydroxyl groups is 1. The Morgan fingerprint density at radius 3 is 2.40 bits per heavy atom. The van der Waals surface area contributed by atoms with Gasteiger partial charge in [0, 0.05) is 31.3 Å². The Balaban J connectivity index is 1.72. The van der Waals surface area contributed by atoms with Crippen LogP contribution in [0.25, 0.3) is 0 Å². The van der Waals surface area contributed by atoms with Gasteiger partial charge in [-0.2, -0.15) is 0 Å². The molecule has 2 aromatic rings. The third-order valence-corrected chi connectivity index (χ3v) is 4.62. The predicted molar refractivity (Wildman–Crippen MR) is 94.4 cm³/mol. The van der Waals surface area contributed by atoms with E-state index in [1.54, 1.807) is 12.0 Å². The van der Waals surface area contributed by atoms with Crippen molar-refractivity contribution in [2.75, 3.05) is 27.0 Å². The van der Waals surface area contributed by atoms with Crippen molar-refractivity contribution in [2.45, 2.75) is 18.4 Å². The van der Waals surface area contributed by atoms with Crippen molar-refractivity contribution >= 4 is 5.91 Å². The summed E-state index contributed by atoms with van der Waals surface area (Å²) in [6, 6.07) is 16.7. The Morgan fingerprint density at radius 1 is 1.08 bits per heavy atom. The van der Waals surface area contributed by atoms with Gasteiger partial charge in [0.2, 0.25) is 0 Å². The van der Waals surface area contributed by atoms with E-state index in [2.05, 4.69) is 0 Å². The van der Waals surface area contributed by atoms with Crippen LogP contribution in [0.3, 0.4) is 0 Å². The van der Waals surface area contributed by atoms with E-state index >= 15 is 0 Å². The molecule has 0 saturated carbocycles. The van der Waals surface area contributed by atoms with Crippen LogP contribution < -0.4 is 4.74 Å². The first-order valence-corrected chi connectivity index (χ1v) is 8.42. The van der Waals surface area contributed by atoms with Crippen LogP contribution in [0.2, 0.25) is 0 Å². The number of nitrogens with zero attached hydrogens (tertiary/aromatic N) is 1. The van der Waals surface area contributed by atoms with E-state index in [0.717, 1.165) is 5.56 Å². The molecule has 5 heteroatoms. The van der Waals surface area contributed by atoms with Gasteiger partial charge in [0.05, 0.1) is 5.60 Å². The van der Waals surface area contributed by atoms with E-state index in [9.17, 15) is 9.90 Å². The van der Waals surface area contributed by atoms with E-state index in [1.165, 1.54) is 0 Å². The van der Waals surface area contributed by atoms with Crippen molar-refractivity contribution in [3.05, 3.63) is 65.7 Å². The van der Waals surface area contributed by atoms with Crippen LogP contribution in [0.1, 0.15) is 28.8 Å². The lowest BCUT2D eigenvalue weighted by Gasteiger charge is -2.39.